The van der Waals surface area contributed by atoms with E-state index in [1.807, 2.05) is 24.6 Å². The molecule has 0 saturated heterocycles. The second-order valence-electron chi connectivity index (χ2n) is 3.17. The highest BCUT2D eigenvalue weighted by Crippen LogP contribution is 2.20. The first kappa shape index (κ1) is 9.15. The predicted molar refractivity (Wildman–Crippen MR) is 54.7 cm³/mol. The van der Waals surface area contributed by atoms with Gasteiger partial charge in [-0.15, -0.1) is 0 Å². The molecular formula is C10H10NO2S+. The van der Waals surface area contributed by atoms with Gasteiger partial charge in [0.15, 0.2) is 0 Å². The quantitative estimate of drug-likeness (QED) is 0.725. The summed E-state index contributed by atoms with van der Waals surface area (Å²) in [7, 11) is 1.94. The normalized spacial score (nSPS) is 10.7. The molecule has 2 aromatic rings. The van der Waals surface area contributed by atoms with E-state index in [4.69, 9.17) is 5.11 Å². The van der Waals surface area contributed by atoms with Crippen molar-refractivity contribution in [2.75, 3.05) is 0 Å². The highest BCUT2D eigenvalue weighted by Gasteiger charge is 2.14. The van der Waals surface area contributed by atoms with Crippen LogP contribution in [0.5, 0.6) is 0 Å². The maximum atomic E-state index is 10.8. The smallest absolute Gasteiger partial charge is 0.335 e. The third-order valence-corrected chi connectivity index (χ3v) is 3.43. The van der Waals surface area contributed by atoms with E-state index in [0.29, 0.717) is 5.56 Å². The van der Waals surface area contributed by atoms with E-state index in [0.717, 1.165) is 10.2 Å². The Balaban J connectivity index is 2.76. The van der Waals surface area contributed by atoms with Crippen molar-refractivity contribution in [2.45, 2.75) is 6.92 Å². The average molecular weight is 208 g/mol. The van der Waals surface area contributed by atoms with Crippen LogP contribution in [0.2, 0.25) is 0 Å². The Bertz CT molecular complexity index is 516. The number of thiazole rings is 1. The van der Waals surface area contributed by atoms with Crippen LogP contribution in [-0.2, 0) is 7.05 Å². The molecule has 0 spiro atoms. The minimum Gasteiger partial charge on any atom is -0.478 e. The van der Waals surface area contributed by atoms with Crippen molar-refractivity contribution in [2.24, 2.45) is 7.05 Å². The van der Waals surface area contributed by atoms with Crippen molar-refractivity contribution in [3.63, 3.8) is 0 Å². The first-order chi connectivity index (χ1) is 6.59. The molecule has 0 aliphatic rings. The number of carboxylic acid groups (broad SMARTS) is 1. The standard InChI is InChI=1S/C10H9NO2S/c1-6-11(2)8-5-7(10(12)13)3-4-9(8)14-6/h3-5H,1-2H3/p+1. The van der Waals surface area contributed by atoms with E-state index in [1.165, 1.54) is 5.01 Å². The number of hydrogen-bond acceptors (Lipinski definition) is 2. The van der Waals surface area contributed by atoms with Crippen molar-refractivity contribution in [1.29, 1.82) is 0 Å². The molecule has 1 aromatic carbocycles. The number of fused-ring (bicyclic) bond motifs is 1. The molecule has 0 fully saturated rings. The zero-order valence-corrected chi connectivity index (χ0v) is 8.76. The minimum absolute atomic E-state index is 0.339. The highest BCUT2D eigenvalue weighted by molar-refractivity contribution is 7.18. The van der Waals surface area contributed by atoms with Gasteiger partial charge in [0.25, 0.3) is 0 Å². The topological polar surface area (TPSA) is 41.2 Å². The van der Waals surface area contributed by atoms with Crippen molar-refractivity contribution in [3.05, 3.63) is 28.8 Å². The van der Waals surface area contributed by atoms with Crippen molar-refractivity contribution in [1.82, 2.24) is 0 Å². The molecule has 0 radical (unpaired) electrons. The highest BCUT2D eigenvalue weighted by atomic mass is 32.1. The zero-order chi connectivity index (χ0) is 10.3. The lowest BCUT2D eigenvalue weighted by atomic mass is 10.2. The zero-order valence-electron chi connectivity index (χ0n) is 7.94. The summed E-state index contributed by atoms with van der Waals surface area (Å²) >= 11 is 1.67. The summed E-state index contributed by atoms with van der Waals surface area (Å²) in [4.78, 5) is 10.8. The van der Waals surface area contributed by atoms with E-state index in [1.54, 1.807) is 23.5 Å². The first-order valence-corrected chi connectivity index (χ1v) is 5.03. The van der Waals surface area contributed by atoms with Crippen LogP contribution in [0.1, 0.15) is 15.4 Å². The molecule has 1 N–H and O–H groups in total. The Morgan fingerprint density at radius 3 is 2.86 bits per heavy atom. The maximum Gasteiger partial charge on any atom is 0.335 e. The summed E-state index contributed by atoms with van der Waals surface area (Å²) in [5, 5.41) is 10.0. The summed E-state index contributed by atoms with van der Waals surface area (Å²) < 4.78 is 3.13. The van der Waals surface area contributed by atoms with Gasteiger partial charge in [0, 0.05) is 13.0 Å². The Labute approximate surface area is 85.2 Å². The van der Waals surface area contributed by atoms with Gasteiger partial charge in [0.05, 0.1) is 5.56 Å². The van der Waals surface area contributed by atoms with Crippen LogP contribution in [0.4, 0.5) is 0 Å². The summed E-state index contributed by atoms with van der Waals surface area (Å²) in [5.41, 5.74) is 1.32. The first-order valence-electron chi connectivity index (χ1n) is 4.22. The maximum absolute atomic E-state index is 10.8. The van der Waals surface area contributed by atoms with Crippen molar-refractivity contribution >= 4 is 27.5 Å². The van der Waals surface area contributed by atoms with Gasteiger partial charge in [0.2, 0.25) is 10.5 Å². The van der Waals surface area contributed by atoms with Gasteiger partial charge in [-0.05, 0) is 12.1 Å². The largest absolute Gasteiger partial charge is 0.478 e. The molecule has 0 saturated carbocycles. The van der Waals surface area contributed by atoms with Gasteiger partial charge in [0.1, 0.15) is 11.7 Å². The fourth-order valence-electron chi connectivity index (χ4n) is 1.40. The average Bonchev–Trinajstić information content (AvgIpc) is 2.43. The van der Waals surface area contributed by atoms with Crippen LogP contribution in [0.25, 0.3) is 10.2 Å². The molecule has 14 heavy (non-hydrogen) atoms. The molecule has 0 aliphatic carbocycles. The molecule has 0 bridgehead atoms. The number of carbonyl (C=O) groups is 1. The molecule has 0 atom stereocenters. The third-order valence-electron chi connectivity index (χ3n) is 2.30. The van der Waals surface area contributed by atoms with E-state index < -0.39 is 5.97 Å². The van der Waals surface area contributed by atoms with Crippen molar-refractivity contribution < 1.29 is 14.5 Å². The van der Waals surface area contributed by atoms with E-state index in [9.17, 15) is 4.79 Å². The molecular weight excluding hydrogens is 198 g/mol. The second-order valence-corrected chi connectivity index (χ2v) is 4.40. The van der Waals surface area contributed by atoms with E-state index in [2.05, 4.69) is 0 Å². The number of aromatic nitrogens is 1. The lowest BCUT2D eigenvalue weighted by Crippen LogP contribution is -2.28. The summed E-state index contributed by atoms with van der Waals surface area (Å²) in [6.45, 7) is 2.02. The Morgan fingerprint density at radius 2 is 2.21 bits per heavy atom. The fraction of sp³-hybridized carbons (Fsp3) is 0.200. The molecule has 0 unspecified atom stereocenters. The van der Waals surface area contributed by atoms with Gasteiger partial charge >= 0.3 is 5.97 Å². The minimum atomic E-state index is -0.879. The second kappa shape index (κ2) is 3.06. The Morgan fingerprint density at radius 1 is 1.50 bits per heavy atom. The van der Waals surface area contributed by atoms with Crippen molar-refractivity contribution in [3.8, 4) is 0 Å². The third kappa shape index (κ3) is 1.28. The molecule has 3 nitrogen and oxygen atoms in total. The SMILES string of the molecule is Cc1sc2ccc(C(=O)O)cc2[n+]1C. The Hall–Kier alpha value is -1.42. The molecule has 0 aliphatic heterocycles. The van der Waals surface area contributed by atoms with Crippen LogP contribution in [0.3, 0.4) is 0 Å². The molecule has 2 rings (SSSR count). The molecule has 4 heteroatoms. The molecule has 72 valence electrons. The van der Waals surface area contributed by atoms with E-state index >= 15 is 0 Å². The lowest BCUT2D eigenvalue weighted by molar-refractivity contribution is -0.646. The summed E-state index contributed by atoms with van der Waals surface area (Å²) in [5.74, 6) is -0.879. The number of aromatic carboxylic acids is 1. The molecule has 0 amide bonds. The van der Waals surface area contributed by atoms with Gasteiger partial charge in [-0.3, -0.25) is 0 Å². The molecule has 1 aromatic heterocycles. The van der Waals surface area contributed by atoms with E-state index in [-0.39, 0.29) is 0 Å². The summed E-state index contributed by atoms with van der Waals surface area (Å²) in [6.07, 6.45) is 0. The van der Waals surface area contributed by atoms with Crippen LogP contribution in [-0.4, -0.2) is 11.1 Å². The summed E-state index contributed by atoms with van der Waals surface area (Å²) in [6, 6.07) is 5.21. The number of rotatable bonds is 1. The monoisotopic (exact) mass is 208 g/mol. The van der Waals surface area contributed by atoms with Gasteiger partial charge < -0.3 is 5.11 Å². The van der Waals surface area contributed by atoms with Crippen LogP contribution in [0, 0.1) is 6.92 Å². The predicted octanol–water partition coefficient (Wildman–Crippen LogP) is 1.73. The number of hydrogen-bond donors (Lipinski definition) is 1. The number of carboxylic acids is 1. The van der Waals surface area contributed by atoms with Crippen LogP contribution in [0.15, 0.2) is 18.2 Å². The van der Waals surface area contributed by atoms with Crippen LogP contribution >= 0.6 is 11.3 Å². The van der Waals surface area contributed by atoms with Gasteiger partial charge in [-0.1, -0.05) is 11.3 Å². The lowest BCUT2D eigenvalue weighted by Gasteiger charge is -1.91. The molecule has 1 heterocycles. The number of nitrogens with zero attached hydrogens (tertiary/aromatic N) is 1. The number of benzene rings is 1. The number of aryl methyl sites for hydroxylation is 2. The Kier molecular flexibility index (Phi) is 2.00. The van der Waals surface area contributed by atoms with Gasteiger partial charge in [-0.25, -0.2) is 4.79 Å². The fourth-order valence-corrected chi connectivity index (χ4v) is 2.39. The van der Waals surface area contributed by atoms with Gasteiger partial charge in [-0.2, -0.15) is 4.57 Å². The van der Waals surface area contributed by atoms with Crippen LogP contribution < -0.4 is 4.57 Å².